The maximum absolute atomic E-state index is 13.1. The predicted molar refractivity (Wildman–Crippen MR) is 122 cm³/mol. The van der Waals surface area contributed by atoms with Crippen molar-refractivity contribution in [3.63, 3.8) is 0 Å². The van der Waals surface area contributed by atoms with Crippen LogP contribution < -0.4 is 15.0 Å². The topological polar surface area (TPSA) is 76.8 Å². The number of rotatable bonds is 6. The van der Waals surface area contributed by atoms with Gasteiger partial charge in [-0.05, 0) is 30.3 Å². The van der Waals surface area contributed by atoms with Gasteiger partial charge in [-0.25, -0.2) is 4.98 Å². The number of hydrogen-bond acceptors (Lipinski definition) is 6. The maximum Gasteiger partial charge on any atom is 0.292 e. The minimum atomic E-state index is -0.362. The highest BCUT2D eigenvalue weighted by Crippen LogP contribution is 2.28. The first kappa shape index (κ1) is 20.1. The van der Waals surface area contributed by atoms with Crippen LogP contribution in [-0.4, -0.2) is 37.2 Å². The van der Waals surface area contributed by atoms with Gasteiger partial charge in [0.2, 0.25) is 0 Å². The summed E-state index contributed by atoms with van der Waals surface area (Å²) in [5.74, 6) is 1.05. The number of anilines is 2. The van der Waals surface area contributed by atoms with Gasteiger partial charge < -0.3 is 24.1 Å². The van der Waals surface area contributed by atoms with Crippen LogP contribution in [0.1, 0.15) is 16.1 Å². The summed E-state index contributed by atoms with van der Waals surface area (Å²) in [5, 5.41) is 3.70. The SMILES string of the molecule is O=C(Nc1ccc(N2CCOCC2)cn1)c1oc2ccccc2c1COc1ccccc1. The number of furan rings is 1. The third kappa shape index (κ3) is 4.29. The van der Waals surface area contributed by atoms with Crippen molar-refractivity contribution < 1.29 is 18.7 Å². The lowest BCUT2D eigenvalue weighted by molar-refractivity contribution is 0.0995. The molecule has 0 aliphatic carbocycles. The molecule has 0 saturated carbocycles. The van der Waals surface area contributed by atoms with E-state index in [9.17, 15) is 4.79 Å². The molecule has 2 aromatic heterocycles. The highest BCUT2D eigenvalue weighted by atomic mass is 16.5. The summed E-state index contributed by atoms with van der Waals surface area (Å²) >= 11 is 0. The number of carbonyl (C=O) groups is 1. The smallest absolute Gasteiger partial charge is 0.292 e. The number of fused-ring (bicyclic) bond motifs is 1. The third-order valence-electron chi connectivity index (χ3n) is 5.40. The van der Waals surface area contributed by atoms with E-state index < -0.39 is 0 Å². The molecule has 2 aromatic carbocycles. The monoisotopic (exact) mass is 429 g/mol. The van der Waals surface area contributed by atoms with Crippen LogP contribution in [0.3, 0.4) is 0 Å². The van der Waals surface area contributed by atoms with Gasteiger partial charge in [-0.3, -0.25) is 4.79 Å². The molecule has 7 nitrogen and oxygen atoms in total. The van der Waals surface area contributed by atoms with E-state index in [4.69, 9.17) is 13.9 Å². The Hall–Kier alpha value is -3.84. The quantitative estimate of drug-likeness (QED) is 0.487. The third-order valence-corrected chi connectivity index (χ3v) is 5.40. The van der Waals surface area contributed by atoms with Crippen molar-refractivity contribution in [1.29, 1.82) is 0 Å². The Morgan fingerprint density at radius 3 is 2.56 bits per heavy atom. The Labute approximate surface area is 185 Å². The molecule has 5 rings (SSSR count). The summed E-state index contributed by atoms with van der Waals surface area (Å²) in [5.41, 5.74) is 2.35. The van der Waals surface area contributed by atoms with Crippen molar-refractivity contribution in [2.24, 2.45) is 0 Å². The molecule has 1 N–H and O–H groups in total. The van der Waals surface area contributed by atoms with Crippen LogP contribution >= 0.6 is 0 Å². The number of ether oxygens (including phenoxy) is 2. The molecule has 0 unspecified atom stereocenters. The maximum atomic E-state index is 13.1. The highest BCUT2D eigenvalue weighted by molar-refractivity contribution is 6.06. The van der Waals surface area contributed by atoms with Gasteiger partial charge in [-0.1, -0.05) is 36.4 Å². The Kier molecular flexibility index (Phi) is 5.72. The number of aromatic nitrogens is 1. The molecular formula is C25H23N3O4. The summed E-state index contributed by atoms with van der Waals surface area (Å²) in [4.78, 5) is 19.7. The first-order valence-corrected chi connectivity index (χ1v) is 10.6. The Morgan fingerprint density at radius 1 is 1.00 bits per heavy atom. The number of para-hydroxylation sites is 2. The van der Waals surface area contributed by atoms with Crippen LogP contribution in [0.2, 0.25) is 0 Å². The number of amides is 1. The van der Waals surface area contributed by atoms with Crippen LogP contribution in [0.5, 0.6) is 5.75 Å². The molecule has 0 atom stereocenters. The van der Waals surface area contributed by atoms with Crippen molar-refractivity contribution in [1.82, 2.24) is 4.98 Å². The highest BCUT2D eigenvalue weighted by Gasteiger charge is 2.22. The van der Waals surface area contributed by atoms with E-state index in [0.29, 0.717) is 30.2 Å². The van der Waals surface area contributed by atoms with Gasteiger partial charge in [0.1, 0.15) is 23.8 Å². The molecule has 1 aliphatic heterocycles. The minimum Gasteiger partial charge on any atom is -0.489 e. The van der Waals surface area contributed by atoms with Gasteiger partial charge in [-0.15, -0.1) is 0 Å². The van der Waals surface area contributed by atoms with Gasteiger partial charge in [0.15, 0.2) is 5.76 Å². The molecule has 32 heavy (non-hydrogen) atoms. The van der Waals surface area contributed by atoms with E-state index in [-0.39, 0.29) is 18.3 Å². The van der Waals surface area contributed by atoms with Crippen LogP contribution in [0.4, 0.5) is 11.5 Å². The van der Waals surface area contributed by atoms with Crippen LogP contribution in [0.15, 0.2) is 77.3 Å². The van der Waals surface area contributed by atoms with E-state index in [0.717, 1.165) is 29.9 Å². The molecule has 162 valence electrons. The molecule has 1 amide bonds. The Morgan fingerprint density at radius 2 is 1.78 bits per heavy atom. The zero-order valence-electron chi connectivity index (χ0n) is 17.5. The Bertz CT molecular complexity index is 1200. The number of benzene rings is 2. The molecular weight excluding hydrogens is 406 g/mol. The first-order chi connectivity index (χ1) is 15.8. The molecule has 3 heterocycles. The normalized spacial score (nSPS) is 13.8. The first-order valence-electron chi connectivity index (χ1n) is 10.6. The average molecular weight is 429 g/mol. The lowest BCUT2D eigenvalue weighted by atomic mass is 10.1. The van der Waals surface area contributed by atoms with Crippen molar-refractivity contribution >= 4 is 28.4 Å². The van der Waals surface area contributed by atoms with Crippen molar-refractivity contribution in [3.8, 4) is 5.75 Å². The fourth-order valence-electron chi connectivity index (χ4n) is 3.74. The average Bonchev–Trinajstić information content (AvgIpc) is 3.23. The van der Waals surface area contributed by atoms with Gasteiger partial charge in [-0.2, -0.15) is 0 Å². The van der Waals surface area contributed by atoms with Crippen LogP contribution in [0.25, 0.3) is 11.0 Å². The van der Waals surface area contributed by atoms with Crippen LogP contribution in [-0.2, 0) is 11.3 Å². The van der Waals surface area contributed by atoms with Crippen LogP contribution in [0, 0.1) is 0 Å². The van der Waals surface area contributed by atoms with Crippen molar-refractivity contribution in [2.75, 3.05) is 36.5 Å². The number of morpholine rings is 1. The van der Waals surface area contributed by atoms with Gasteiger partial charge in [0.25, 0.3) is 5.91 Å². The summed E-state index contributed by atoms with van der Waals surface area (Å²) in [6, 6.07) is 20.8. The predicted octanol–water partition coefficient (Wildman–Crippen LogP) is 4.50. The number of hydrogen-bond donors (Lipinski definition) is 1. The summed E-state index contributed by atoms with van der Waals surface area (Å²) in [6.45, 7) is 3.29. The van der Waals surface area contributed by atoms with Crippen molar-refractivity contribution in [3.05, 3.63) is 84.3 Å². The zero-order chi connectivity index (χ0) is 21.8. The Balaban J connectivity index is 1.35. The fraction of sp³-hybridized carbons (Fsp3) is 0.200. The lowest BCUT2D eigenvalue weighted by Crippen LogP contribution is -2.36. The van der Waals surface area contributed by atoms with Crippen molar-refractivity contribution in [2.45, 2.75) is 6.61 Å². The van der Waals surface area contributed by atoms with E-state index in [1.807, 2.05) is 60.7 Å². The number of nitrogens with one attached hydrogen (secondary N) is 1. The largest absolute Gasteiger partial charge is 0.489 e. The second-order valence-electron chi connectivity index (χ2n) is 7.46. The molecule has 0 spiro atoms. The molecule has 1 saturated heterocycles. The molecule has 4 aromatic rings. The van der Waals surface area contributed by atoms with Gasteiger partial charge in [0.05, 0.1) is 25.1 Å². The molecule has 1 fully saturated rings. The summed E-state index contributed by atoms with van der Waals surface area (Å²) in [6.07, 6.45) is 1.76. The fourth-order valence-corrected chi connectivity index (χ4v) is 3.74. The number of nitrogens with zero attached hydrogens (tertiary/aromatic N) is 2. The second kappa shape index (κ2) is 9.11. The van der Waals surface area contributed by atoms with E-state index in [2.05, 4.69) is 15.2 Å². The van der Waals surface area contributed by atoms with E-state index in [1.54, 1.807) is 12.3 Å². The van der Waals surface area contributed by atoms with Gasteiger partial charge >= 0.3 is 0 Å². The van der Waals surface area contributed by atoms with E-state index >= 15 is 0 Å². The second-order valence-corrected chi connectivity index (χ2v) is 7.46. The van der Waals surface area contributed by atoms with E-state index in [1.165, 1.54) is 0 Å². The molecule has 0 radical (unpaired) electrons. The molecule has 7 heteroatoms. The number of pyridine rings is 1. The van der Waals surface area contributed by atoms with Gasteiger partial charge in [0, 0.05) is 24.0 Å². The summed E-state index contributed by atoms with van der Waals surface area (Å²) < 4.78 is 17.2. The standard InChI is InChI=1S/C25H23N3O4/c29-25(27-23-11-10-18(16-26-23)28-12-14-30-15-13-28)24-21(17-31-19-6-2-1-3-7-19)20-8-4-5-9-22(20)32-24/h1-11,16H,12-15,17H2,(H,26,27,29). The minimum absolute atomic E-state index is 0.215. The summed E-state index contributed by atoms with van der Waals surface area (Å²) in [7, 11) is 0. The molecule has 1 aliphatic rings. The molecule has 0 bridgehead atoms. The lowest BCUT2D eigenvalue weighted by Gasteiger charge is -2.28. The zero-order valence-corrected chi connectivity index (χ0v) is 17.5. The number of carbonyl (C=O) groups excluding carboxylic acids is 1.